The third-order valence-electron chi connectivity index (χ3n) is 4.43. The van der Waals surface area contributed by atoms with Crippen molar-refractivity contribution in [3.05, 3.63) is 66.4 Å². The van der Waals surface area contributed by atoms with Crippen LogP contribution in [0.5, 0.6) is 0 Å². The summed E-state index contributed by atoms with van der Waals surface area (Å²) in [5.74, 6) is 0. The van der Waals surface area contributed by atoms with Gasteiger partial charge in [0.05, 0.1) is 5.69 Å². The molecule has 24 heavy (non-hydrogen) atoms. The number of hydrogen-bond donors (Lipinski definition) is 0. The summed E-state index contributed by atoms with van der Waals surface area (Å²) in [6.07, 6.45) is 12.1. The first-order valence-electron chi connectivity index (χ1n) is 8.62. The van der Waals surface area contributed by atoms with Crippen LogP contribution in [0, 0.1) is 0 Å². The molecule has 1 heterocycles. The van der Waals surface area contributed by atoms with E-state index in [0.29, 0.717) is 0 Å². The molecule has 0 N–H and O–H groups in total. The molecule has 4 nitrogen and oxygen atoms in total. The zero-order chi connectivity index (χ0) is 16.8. The second-order valence-electron chi connectivity index (χ2n) is 6.25. The van der Waals surface area contributed by atoms with E-state index in [2.05, 4.69) is 24.1 Å². The van der Waals surface area contributed by atoms with Crippen LogP contribution in [0.3, 0.4) is 0 Å². The molecule has 4 heteroatoms. The molecule has 2 amide bonds. The Bertz CT molecular complexity index is 648. The van der Waals surface area contributed by atoms with Crippen LogP contribution in [0.1, 0.15) is 12.8 Å². The number of carbonyl (C=O) groups is 1. The summed E-state index contributed by atoms with van der Waals surface area (Å²) >= 11 is 0. The average molecular weight is 323 g/mol. The van der Waals surface area contributed by atoms with Gasteiger partial charge in [0.1, 0.15) is 0 Å². The van der Waals surface area contributed by atoms with Crippen LogP contribution in [0.2, 0.25) is 0 Å². The molecule has 0 unspecified atom stereocenters. The maximum absolute atomic E-state index is 13.3. The lowest BCUT2D eigenvalue weighted by Crippen LogP contribution is -2.44. The van der Waals surface area contributed by atoms with E-state index in [-0.39, 0.29) is 6.03 Å². The largest absolute Gasteiger partial charge is 0.329 e. The number of amides is 2. The minimum atomic E-state index is 0.0642. The monoisotopic (exact) mass is 323 g/mol. The fourth-order valence-corrected chi connectivity index (χ4v) is 3.06. The molecule has 2 aliphatic rings. The van der Waals surface area contributed by atoms with E-state index in [9.17, 15) is 4.79 Å². The van der Waals surface area contributed by atoms with E-state index < -0.39 is 0 Å². The Morgan fingerprint density at radius 1 is 1.04 bits per heavy atom. The van der Waals surface area contributed by atoms with Gasteiger partial charge in [0.2, 0.25) is 0 Å². The highest BCUT2D eigenvalue weighted by Gasteiger charge is 2.25. The molecule has 1 aliphatic heterocycles. The SMILES string of the molecule is CN1CCCN(C(=O)N(C2=CCC=CC=C2)c2ccccc2)CC1. The fraction of sp³-hybridized carbons (Fsp3) is 0.350. The quantitative estimate of drug-likeness (QED) is 0.830. The molecule has 1 aliphatic carbocycles. The van der Waals surface area contributed by atoms with Crippen molar-refractivity contribution in [1.29, 1.82) is 0 Å². The van der Waals surface area contributed by atoms with Gasteiger partial charge in [-0.15, -0.1) is 0 Å². The first-order valence-corrected chi connectivity index (χ1v) is 8.62. The first-order chi connectivity index (χ1) is 11.8. The van der Waals surface area contributed by atoms with E-state index in [1.807, 2.05) is 58.4 Å². The van der Waals surface area contributed by atoms with Gasteiger partial charge in [-0.1, -0.05) is 42.5 Å². The molecule has 0 saturated carbocycles. The van der Waals surface area contributed by atoms with Gasteiger partial charge >= 0.3 is 6.03 Å². The number of carbonyl (C=O) groups excluding carboxylic acids is 1. The van der Waals surface area contributed by atoms with Crippen molar-refractivity contribution >= 4 is 11.7 Å². The summed E-state index contributed by atoms with van der Waals surface area (Å²) in [6, 6.07) is 9.99. The molecule has 1 fully saturated rings. The van der Waals surface area contributed by atoms with Gasteiger partial charge in [0.15, 0.2) is 0 Å². The molecule has 0 atom stereocenters. The Labute approximate surface area is 144 Å². The molecule has 0 spiro atoms. The molecule has 1 aromatic carbocycles. The maximum atomic E-state index is 13.3. The van der Waals surface area contributed by atoms with Crippen LogP contribution in [0.4, 0.5) is 10.5 Å². The average Bonchev–Trinajstić information content (AvgIpc) is 2.99. The Hall–Kier alpha value is -2.33. The van der Waals surface area contributed by atoms with Gasteiger partial charge in [-0.2, -0.15) is 0 Å². The maximum Gasteiger partial charge on any atom is 0.329 e. The standard InChI is InChI=1S/C20H25N3O/c1-21-14-9-15-22(17-16-21)20(24)23(19-12-7-4-8-13-19)18-10-5-2-3-6-11-18/h2-5,7-8,10-13H,6,9,14-17H2,1H3. The lowest BCUT2D eigenvalue weighted by molar-refractivity contribution is 0.208. The number of allylic oxidation sites excluding steroid dienone is 5. The number of urea groups is 1. The summed E-state index contributed by atoms with van der Waals surface area (Å²) in [7, 11) is 2.12. The third kappa shape index (κ3) is 3.95. The van der Waals surface area contributed by atoms with Crippen molar-refractivity contribution in [3.63, 3.8) is 0 Å². The van der Waals surface area contributed by atoms with Crippen LogP contribution in [0.25, 0.3) is 0 Å². The van der Waals surface area contributed by atoms with Crippen molar-refractivity contribution in [3.8, 4) is 0 Å². The van der Waals surface area contributed by atoms with Crippen molar-refractivity contribution in [2.24, 2.45) is 0 Å². The smallest absolute Gasteiger partial charge is 0.323 e. The molecule has 3 rings (SSSR count). The summed E-state index contributed by atoms with van der Waals surface area (Å²) in [5, 5.41) is 0. The van der Waals surface area contributed by atoms with Crippen LogP contribution >= 0.6 is 0 Å². The molecule has 0 bridgehead atoms. The highest BCUT2D eigenvalue weighted by molar-refractivity contribution is 5.96. The number of nitrogens with zero attached hydrogens (tertiary/aromatic N) is 3. The Morgan fingerprint density at radius 3 is 2.71 bits per heavy atom. The van der Waals surface area contributed by atoms with Gasteiger partial charge in [-0.05, 0) is 44.6 Å². The second kappa shape index (κ2) is 7.97. The number of rotatable bonds is 2. The summed E-state index contributed by atoms with van der Waals surface area (Å²) < 4.78 is 0. The van der Waals surface area contributed by atoms with E-state index in [1.54, 1.807) is 0 Å². The van der Waals surface area contributed by atoms with Crippen LogP contribution in [-0.4, -0.2) is 49.1 Å². The van der Waals surface area contributed by atoms with Gasteiger partial charge in [0.25, 0.3) is 0 Å². The highest BCUT2D eigenvalue weighted by Crippen LogP contribution is 2.23. The zero-order valence-electron chi connectivity index (χ0n) is 14.3. The summed E-state index contributed by atoms with van der Waals surface area (Å²) in [5.41, 5.74) is 1.85. The van der Waals surface area contributed by atoms with Crippen LogP contribution < -0.4 is 4.90 Å². The molecule has 0 aromatic heterocycles. The third-order valence-corrected chi connectivity index (χ3v) is 4.43. The molecule has 1 saturated heterocycles. The van der Waals surface area contributed by atoms with E-state index in [0.717, 1.165) is 50.4 Å². The number of anilines is 1. The van der Waals surface area contributed by atoms with Crippen molar-refractivity contribution in [1.82, 2.24) is 9.80 Å². The number of para-hydroxylation sites is 1. The number of hydrogen-bond acceptors (Lipinski definition) is 2. The topological polar surface area (TPSA) is 26.8 Å². The number of benzene rings is 1. The van der Waals surface area contributed by atoms with Gasteiger partial charge < -0.3 is 9.80 Å². The van der Waals surface area contributed by atoms with Crippen molar-refractivity contribution < 1.29 is 4.79 Å². The van der Waals surface area contributed by atoms with Crippen LogP contribution in [0.15, 0.2) is 66.4 Å². The van der Waals surface area contributed by atoms with Gasteiger partial charge in [-0.25, -0.2) is 4.79 Å². The first kappa shape index (κ1) is 16.5. The van der Waals surface area contributed by atoms with Crippen molar-refractivity contribution in [2.45, 2.75) is 12.8 Å². The second-order valence-corrected chi connectivity index (χ2v) is 6.25. The fourth-order valence-electron chi connectivity index (χ4n) is 3.06. The highest BCUT2D eigenvalue weighted by atomic mass is 16.2. The Balaban J connectivity index is 1.89. The summed E-state index contributed by atoms with van der Waals surface area (Å²) in [4.78, 5) is 19.4. The van der Waals surface area contributed by atoms with Crippen LogP contribution in [-0.2, 0) is 0 Å². The Morgan fingerprint density at radius 2 is 1.88 bits per heavy atom. The predicted octanol–water partition coefficient (Wildman–Crippen LogP) is 3.65. The molecule has 0 radical (unpaired) electrons. The van der Waals surface area contributed by atoms with E-state index in [4.69, 9.17) is 0 Å². The normalized spacial score (nSPS) is 18.7. The molecule has 1 aromatic rings. The van der Waals surface area contributed by atoms with Gasteiger partial charge in [0, 0.05) is 25.3 Å². The van der Waals surface area contributed by atoms with E-state index in [1.165, 1.54) is 0 Å². The Kier molecular flexibility index (Phi) is 5.49. The lowest BCUT2D eigenvalue weighted by Gasteiger charge is -2.30. The lowest BCUT2D eigenvalue weighted by atomic mass is 10.2. The van der Waals surface area contributed by atoms with Crippen molar-refractivity contribution in [2.75, 3.05) is 38.1 Å². The zero-order valence-corrected chi connectivity index (χ0v) is 14.3. The number of likely N-dealkylation sites (N-methyl/N-ethyl adjacent to an activating group) is 1. The molecular formula is C20H25N3O. The minimum Gasteiger partial charge on any atom is -0.323 e. The molecule has 126 valence electrons. The minimum absolute atomic E-state index is 0.0642. The van der Waals surface area contributed by atoms with Gasteiger partial charge in [-0.3, -0.25) is 4.90 Å². The van der Waals surface area contributed by atoms with E-state index >= 15 is 0 Å². The molecular weight excluding hydrogens is 298 g/mol. The summed E-state index contributed by atoms with van der Waals surface area (Å²) in [6.45, 7) is 3.54. The predicted molar refractivity (Wildman–Crippen MR) is 99.0 cm³/mol.